The maximum Gasteiger partial charge on any atom is 0.433 e. The van der Waals surface area contributed by atoms with Crippen LogP contribution in [0.2, 0.25) is 0 Å². The molecular formula is C23H23F3N6. The van der Waals surface area contributed by atoms with Gasteiger partial charge in [0, 0.05) is 6.04 Å². The largest absolute Gasteiger partial charge is 0.433 e. The summed E-state index contributed by atoms with van der Waals surface area (Å²) >= 11 is 0. The van der Waals surface area contributed by atoms with E-state index in [4.69, 9.17) is 0 Å². The van der Waals surface area contributed by atoms with Crippen LogP contribution in [-0.2, 0) is 12.6 Å². The van der Waals surface area contributed by atoms with Gasteiger partial charge in [-0.3, -0.25) is 0 Å². The molecule has 2 unspecified atom stereocenters. The van der Waals surface area contributed by atoms with Crippen molar-refractivity contribution >= 4 is 11.9 Å². The first-order chi connectivity index (χ1) is 15.4. The Bertz CT molecular complexity index is 1130. The molecule has 1 saturated carbocycles. The van der Waals surface area contributed by atoms with Gasteiger partial charge in [0.25, 0.3) is 0 Å². The molecule has 9 heteroatoms. The Morgan fingerprint density at radius 2 is 1.69 bits per heavy atom. The van der Waals surface area contributed by atoms with Crippen LogP contribution in [0.15, 0.2) is 42.5 Å². The highest BCUT2D eigenvalue weighted by atomic mass is 19.4. The van der Waals surface area contributed by atoms with Crippen LogP contribution in [0, 0.1) is 5.92 Å². The second-order valence-electron chi connectivity index (χ2n) is 8.42. The number of anilines is 2. The van der Waals surface area contributed by atoms with E-state index in [-0.39, 0.29) is 23.6 Å². The number of nitrogens with zero attached hydrogens (tertiary/aromatic N) is 4. The molecular weight excluding hydrogens is 417 g/mol. The van der Waals surface area contributed by atoms with Crippen molar-refractivity contribution < 1.29 is 13.2 Å². The number of benzene rings is 1. The van der Waals surface area contributed by atoms with Gasteiger partial charge in [0.05, 0.1) is 6.04 Å². The molecule has 6 nitrogen and oxygen atoms in total. The van der Waals surface area contributed by atoms with Crippen molar-refractivity contribution in [2.24, 2.45) is 5.92 Å². The van der Waals surface area contributed by atoms with Gasteiger partial charge < -0.3 is 10.6 Å². The highest BCUT2D eigenvalue weighted by Gasteiger charge is 2.33. The van der Waals surface area contributed by atoms with Crippen molar-refractivity contribution in [3.05, 3.63) is 59.3 Å². The van der Waals surface area contributed by atoms with Gasteiger partial charge in [0.15, 0.2) is 5.82 Å². The van der Waals surface area contributed by atoms with E-state index < -0.39 is 11.9 Å². The summed E-state index contributed by atoms with van der Waals surface area (Å²) in [5.74, 6) is 1.31. The Kier molecular flexibility index (Phi) is 5.19. The molecule has 1 fully saturated rings. The molecule has 0 bridgehead atoms. The lowest BCUT2D eigenvalue weighted by atomic mass is 10.1. The molecule has 2 atom stereocenters. The molecule has 166 valence electrons. The molecule has 32 heavy (non-hydrogen) atoms. The first kappa shape index (κ1) is 20.7. The molecule has 0 saturated heterocycles. The van der Waals surface area contributed by atoms with Crippen molar-refractivity contribution in [2.45, 2.75) is 50.9 Å². The summed E-state index contributed by atoms with van der Waals surface area (Å²) in [5.41, 5.74) is 1.54. The van der Waals surface area contributed by atoms with Gasteiger partial charge in [-0.05, 0) is 61.8 Å². The Morgan fingerprint density at radius 1 is 0.906 bits per heavy atom. The lowest BCUT2D eigenvalue weighted by Gasteiger charge is -2.17. The van der Waals surface area contributed by atoms with Gasteiger partial charge in [-0.25, -0.2) is 4.98 Å². The SMILES string of the molecule is CC(Nc1nc(NC2CCc3ccccc32)nc(-c2cccc(C(F)(F)F)n2)n1)C1CC1. The zero-order valence-electron chi connectivity index (χ0n) is 17.5. The number of aryl methyl sites for hydroxylation is 1. The minimum atomic E-state index is -4.54. The average Bonchev–Trinajstić information content (AvgIpc) is 3.55. The van der Waals surface area contributed by atoms with Gasteiger partial charge >= 0.3 is 6.18 Å². The summed E-state index contributed by atoms with van der Waals surface area (Å²) in [4.78, 5) is 17.1. The predicted octanol–water partition coefficient (Wildman–Crippen LogP) is 5.26. The molecule has 5 rings (SSSR count). The number of nitrogens with one attached hydrogen (secondary N) is 2. The van der Waals surface area contributed by atoms with Crippen molar-refractivity contribution in [1.29, 1.82) is 0 Å². The summed E-state index contributed by atoms with van der Waals surface area (Å²) in [7, 11) is 0. The van der Waals surface area contributed by atoms with Crippen molar-refractivity contribution in [2.75, 3.05) is 10.6 Å². The van der Waals surface area contributed by atoms with Gasteiger partial charge in [-0.2, -0.15) is 28.1 Å². The number of alkyl halides is 3. The van der Waals surface area contributed by atoms with E-state index in [0.717, 1.165) is 31.7 Å². The third-order valence-corrected chi connectivity index (χ3v) is 6.03. The first-order valence-corrected chi connectivity index (χ1v) is 10.8. The number of rotatable bonds is 6. The van der Waals surface area contributed by atoms with E-state index in [0.29, 0.717) is 17.8 Å². The summed E-state index contributed by atoms with van der Waals surface area (Å²) in [6, 6.07) is 12.1. The van der Waals surface area contributed by atoms with Gasteiger partial charge in [-0.1, -0.05) is 30.3 Å². The van der Waals surface area contributed by atoms with Crippen molar-refractivity contribution in [1.82, 2.24) is 19.9 Å². The molecule has 2 aromatic heterocycles. The fourth-order valence-electron chi connectivity index (χ4n) is 4.12. The summed E-state index contributed by atoms with van der Waals surface area (Å²) in [6.07, 6.45) is -0.413. The molecule has 0 radical (unpaired) electrons. The molecule has 0 amide bonds. The average molecular weight is 440 g/mol. The molecule has 2 aliphatic carbocycles. The van der Waals surface area contributed by atoms with E-state index in [1.165, 1.54) is 23.3 Å². The standard InChI is InChI=1S/C23H23F3N6/c1-13(14-9-10-14)27-21-30-20(18-7-4-8-19(28-18)23(24,25)26)31-22(32-21)29-17-12-11-15-5-2-3-6-16(15)17/h2-8,13-14,17H,9-12H2,1H3,(H2,27,29,30,31,32). The number of aromatic nitrogens is 4. The molecule has 1 aromatic carbocycles. The van der Waals surface area contributed by atoms with Crippen LogP contribution in [0.1, 0.15) is 49.0 Å². The minimum absolute atomic E-state index is 0.0321. The number of fused-ring (bicyclic) bond motifs is 1. The predicted molar refractivity (Wildman–Crippen MR) is 115 cm³/mol. The molecule has 2 heterocycles. The molecule has 0 aliphatic heterocycles. The van der Waals surface area contributed by atoms with Crippen molar-refractivity contribution in [3.8, 4) is 11.5 Å². The third-order valence-electron chi connectivity index (χ3n) is 6.03. The highest BCUT2D eigenvalue weighted by molar-refractivity contribution is 5.55. The quantitative estimate of drug-likeness (QED) is 0.544. The number of pyridine rings is 1. The Morgan fingerprint density at radius 3 is 2.47 bits per heavy atom. The van der Waals surface area contributed by atoms with E-state index in [1.54, 1.807) is 0 Å². The fourth-order valence-corrected chi connectivity index (χ4v) is 4.12. The summed E-state index contributed by atoms with van der Waals surface area (Å²) in [5, 5.41) is 6.65. The Labute approximate surface area is 183 Å². The van der Waals surface area contributed by atoms with Crippen LogP contribution in [0.5, 0.6) is 0 Å². The maximum atomic E-state index is 13.2. The van der Waals surface area contributed by atoms with Crippen LogP contribution in [0.25, 0.3) is 11.5 Å². The van der Waals surface area contributed by atoms with Gasteiger partial charge in [0.2, 0.25) is 11.9 Å². The molecule has 2 N–H and O–H groups in total. The summed E-state index contributed by atoms with van der Waals surface area (Å²) in [6.45, 7) is 2.06. The zero-order chi connectivity index (χ0) is 22.3. The topological polar surface area (TPSA) is 75.6 Å². The minimum Gasteiger partial charge on any atom is -0.351 e. The lowest BCUT2D eigenvalue weighted by molar-refractivity contribution is -0.141. The second-order valence-corrected chi connectivity index (χ2v) is 8.42. The van der Waals surface area contributed by atoms with Crippen LogP contribution < -0.4 is 10.6 Å². The molecule has 2 aliphatic rings. The van der Waals surface area contributed by atoms with Crippen LogP contribution in [0.3, 0.4) is 0 Å². The Balaban J connectivity index is 1.49. The molecule has 3 aromatic rings. The molecule has 0 spiro atoms. The first-order valence-electron chi connectivity index (χ1n) is 10.8. The highest BCUT2D eigenvalue weighted by Crippen LogP contribution is 2.35. The zero-order valence-corrected chi connectivity index (χ0v) is 17.5. The van der Waals surface area contributed by atoms with Gasteiger partial charge in [-0.15, -0.1) is 0 Å². The normalized spacial score (nSPS) is 18.8. The van der Waals surface area contributed by atoms with E-state index >= 15 is 0 Å². The number of halogens is 3. The summed E-state index contributed by atoms with van der Waals surface area (Å²) < 4.78 is 39.5. The van der Waals surface area contributed by atoms with Crippen molar-refractivity contribution in [3.63, 3.8) is 0 Å². The van der Waals surface area contributed by atoms with Gasteiger partial charge in [0.1, 0.15) is 11.4 Å². The lowest BCUT2D eigenvalue weighted by Crippen LogP contribution is -2.21. The maximum absolute atomic E-state index is 13.2. The van der Waals surface area contributed by atoms with E-state index in [2.05, 4.69) is 49.6 Å². The van der Waals surface area contributed by atoms with Crippen LogP contribution >= 0.6 is 0 Å². The van der Waals surface area contributed by atoms with Crippen LogP contribution in [-0.4, -0.2) is 26.0 Å². The van der Waals surface area contributed by atoms with Crippen LogP contribution in [0.4, 0.5) is 25.1 Å². The number of hydrogen-bond acceptors (Lipinski definition) is 6. The second kappa shape index (κ2) is 8.03. The third kappa shape index (κ3) is 4.37. The Hall–Kier alpha value is -3.23. The fraction of sp³-hybridized carbons (Fsp3) is 0.391. The monoisotopic (exact) mass is 440 g/mol. The number of hydrogen-bond donors (Lipinski definition) is 2. The smallest absolute Gasteiger partial charge is 0.351 e. The van der Waals surface area contributed by atoms with E-state index in [9.17, 15) is 13.2 Å². The van der Waals surface area contributed by atoms with E-state index in [1.807, 2.05) is 12.1 Å².